The summed E-state index contributed by atoms with van der Waals surface area (Å²) in [4.78, 5) is 25.9. The molecule has 2 aliphatic rings. The Morgan fingerprint density at radius 2 is 1.59 bits per heavy atom. The minimum Gasteiger partial charge on any atom is -0.381 e. The number of halogens is 1. The van der Waals surface area contributed by atoms with E-state index in [0.29, 0.717) is 24.7 Å². The third kappa shape index (κ3) is 3.95. The van der Waals surface area contributed by atoms with Crippen molar-refractivity contribution in [3.8, 4) is 11.1 Å². The van der Waals surface area contributed by atoms with Gasteiger partial charge in [0, 0.05) is 19.6 Å². The van der Waals surface area contributed by atoms with E-state index < -0.39 is 5.92 Å². The van der Waals surface area contributed by atoms with E-state index in [1.807, 2.05) is 32.1 Å². The van der Waals surface area contributed by atoms with Crippen molar-refractivity contribution in [3.05, 3.63) is 70.6 Å². The normalized spacial score (nSPS) is 21.9. The topological polar surface area (TPSA) is 43.4 Å². The third-order valence-electron chi connectivity index (χ3n) is 6.03. The van der Waals surface area contributed by atoms with Gasteiger partial charge in [-0.1, -0.05) is 30.3 Å². The smallest absolute Gasteiger partial charge is 0.173 e. The minimum absolute atomic E-state index is 0.0194. The van der Waals surface area contributed by atoms with E-state index in [-0.39, 0.29) is 23.8 Å². The summed E-state index contributed by atoms with van der Waals surface area (Å²) in [6, 6.07) is 10.3. The van der Waals surface area contributed by atoms with Crippen molar-refractivity contribution in [2.75, 3.05) is 13.2 Å². The van der Waals surface area contributed by atoms with Gasteiger partial charge in [0.1, 0.15) is 11.7 Å². The van der Waals surface area contributed by atoms with Crippen LogP contribution in [0.3, 0.4) is 0 Å². The van der Waals surface area contributed by atoms with Crippen LogP contribution in [-0.2, 0) is 14.3 Å². The van der Waals surface area contributed by atoms with E-state index in [4.69, 9.17) is 4.74 Å². The highest BCUT2D eigenvalue weighted by atomic mass is 19.1. The lowest BCUT2D eigenvalue weighted by atomic mass is 9.85. The van der Waals surface area contributed by atoms with Crippen molar-refractivity contribution in [2.45, 2.75) is 39.0 Å². The highest BCUT2D eigenvalue weighted by molar-refractivity contribution is 6.23. The highest BCUT2D eigenvalue weighted by Gasteiger charge is 2.40. The van der Waals surface area contributed by atoms with E-state index in [1.54, 1.807) is 12.1 Å². The summed E-state index contributed by atoms with van der Waals surface area (Å²) in [5.41, 5.74) is 5.19. The van der Waals surface area contributed by atoms with Crippen LogP contribution < -0.4 is 0 Å². The fraction of sp³-hybridized carbons (Fsp3) is 0.360. The molecule has 0 radical (unpaired) electrons. The lowest BCUT2D eigenvalue weighted by Gasteiger charge is -2.19. The zero-order chi connectivity index (χ0) is 20.5. The zero-order valence-corrected chi connectivity index (χ0v) is 16.8. The van der Waals surface area contributed by atoms with Gasteiger partial charge >= 0.3 is 0 Å². The maximum absolute atomic E-state index is 13.2. The second-order valence-corrected chi connectivity index (χ2v) is 8.11. The number of allylic oxidation sites excluding steroid dienone is 2. The van der Waals surface area contributed by atoms with Gasteiger partial charge in [0.15, 0.2) is 11.6 Å². The number of hydrogen-bond donors (Lipinski definition) is 0. The SMILES string of the molecule is Cc1cc(-c2ccc(F)cc2)cc(C)c1C1C(=O)C/C(=C\C2CCOCC2)C1=O. The van der Waals surface area contributed by atoms with Crippen LogP contribution in [0.15, 0.2) is 48.0 Å². The lowest BCUT2D eigenvalue weighted by molar-refractivity contribution is -0.123. The van der Waals surface area contributed by atoms with Gasteiger partial charge in [0.25, 0.3) is 0 Å². The molecule has 1 aliphatic heterocycles. The summed E-state index contributed by atoms with van der Waals surface area (Å²) < 4.78 is 18.6. The second kappa shape index (κ2) is 8.03. The first-order valence-corrected chi connectivity index (χ1v) is 10.2. The van der Waals surface area contributed by atoms with Gasteiger partial charge in [-0.2, -0.15) is 0 Å². The Hall–Kier alpha value is -2.59. The molecule has 0 aromatic heterocycles. The third-order valence-corrected chi connectivity index (χ3v) is 6.03. The van der Waals surface area contributed by atoms with Crippen molar-refractivity contribution in [3.63, 3.8) is 0 Å². The van der Waals surface area contributed by atoms with Crippen LogP contribution in [0.25, 0.3) is 11.1 Å². The number of ether oxygens (including phenoxy) is 1. The number of carbonyl (C=O) groups is 2. The fourth-order valence-corrected chi connectivity index (χ4v) is 4.55. The molecule has 4 heteroatoms. The average molecular weight is 392 g/mol. The van der Waals surface area contributed by atoms with Crippen LogP contribution in [0.5, 0.6) is 0 Å². The standard InChI is InChI=1S/C25H25FO3/c1-15-11-19(18-3-5-21(26)6-4-18)12-16(2)23(15)24-22(27)14-20(25(24)28)13-17-7-9-29-10-8-17/h3-6,11-13,17,24H,7-10,14H2,1-2H3/b20-13+. The number of Topliss-reactive ketones (excluding diaryl/α,β-unsaturated/α-hetero) is 2. The Morgan fingerprint density at radius 3 is 2.21 bits per heavy atom. The highest BCUT2D eigenvalue weighted by Crippen LogP contribution is 2.38. The van der Waals surface area contributed by atoms with E-state index in [2.05, 4.69) is 0 Å². The number of ketones is 2. The van der Waals surface area contributed by atoms with E-state index in [1.165, 1.54) is 12.1 Å². The first kappa shape index (κ1) is 19.7. The second-order valence-electron chi connectivity index (χ2n) is 8.11. The van der Waals surface area contributed by atoms with Gasteiger partial charge in [-0.15, -0.1) is 0 Å². The van der Waals surface area contributed by atoms with Gasteiger partial charge in [-0.25, -0.2) is 4.39 Å². The Kier molecular flexibility index (Phi) is 5.46. The predicted octanol–water partition coefficient (Wildman–Crippen LogP) is 5.09. The molecule has 0 spiro atoms. The average Bonchev–Trinajstić information content (AvgIpc) is 2.96. The molecule has 2 fully saturated rings. The molecule has 2 aromatic rings. The Morgan fingerprint density at radius 1 is 0.966 bits per heavy atom. The fourth-order valence-electron chi connectivity index (χ4n) is 4.55. The molecular formula is C25H25FO3. The minimum atomic E-state index is -0.705. The largest absolute Gasteiger partial charge is 0.381 e. The molecule has 1 atom stereocenters. The van der Waals surface area contributed by atoms with Crippen molar-refractivity contribution >= 4 is 11.6 Å². The van der Waals surface area contributed by atoms with Gasteiger partial charge < -0.3 is 4.74 Å². The molecule has 1 saturated carbocycles. The molecule has 0 N–H and O–H groups in total. The van der Waals surface area contributed by atoms with Crippen LogP contribution in [0, 0.1) is 25.6 Å². The maximum atomic E-state index is 13.2. The summed E-state index contributed by atoms with van der Waals surface area (Å²) in [6.07, 6.45) is 4.04. The molecule has 29 heavy (non-hydrogen) atoms. The summed E-state index contributed by atoms with van der Waals surface area (Å²) >= 11 is 0. The molecule has 3 nitrogen and oxygen atoms in total. The Labute approximate surface area is 170 Å². The molecule has 1 heterocycles. The zero-order valence-electron chi connectivity index (χ0n) is 16.8. The molecule has 0 amide bonds. The molecule has 1 saturated heterocycles. The summed E-state index contributed by atoms with van der Waals surface area (Å²) in [5.74, 6) is -0.735. The van der Waals surface area contributed by atoms with Crippen molar-refractivity contribution in [2.24, 2.45) is 5.92 Å². The van der Waals surface area contributed by atoms with E-state index >= 15 is 0 Å². The van der Waals surface area contributed by atoms with Crippen molar-refractivity contribution in [1.82, 2.24) is 0 Å². The number of carbonyl (C=O) groups excluding carboxylic acids is 2. The first-order valence-electron chi connectivity index (χ1n) is 10.2. The maximum Gasteiger partial charge on any atom is 0.173 e. The lowest BCUT2D eigenvalue weighted by Crippen LogP contribution is -2.17. The van der Waals surface area contributed by atoms with Gasteiger partial charge in [0.05, 0.1) is 0 Å². The van der Waals surface area contributed by atoms with Gasteiger partial charge in [0.2, 0.25) is 0 Å². The first-order chi connectivity index (χ1) is 13.9. The van der Waals surface area contributed by atoms with Gasteiger partial charge in [-0.3, -0.25) is 9.59 Å². The summed E-state index contributed by atoms with van der Waals surface area (Å²) in [7, 11) is 0. The molecule has 2 aromatic carbocycles. The van der Waals surface area contributed by atoms with Gasteiger partial charge in [-0.05, 0) is 78.1 Å². The molecule has 4 rings (SSSR count). The van der Waals surface area contributed by atoms with E-state index in [0.717, 1.165) is 40.7 Å². The molecular weight excluding hydrogens is 367 g/mol. The van der Waals surface area contributed by atoms with Crippen LogP contribution in [0.2, 0.25) is 0 Å². The van der Waals surface area contributed by atoms with Crippen LogP contribution >= 0.6 is 0 Å². The van der Waals surface area contributed by atoms with Crippen molar-refractivity contribution < 1.29 is 18.7 Å². The Balaban J connectivity index is 1.65. The molecule has 150 valence electrons. The molecule has 1 unspecified atom stereocenters. The number of hydrogen-bond acceptors (Lipinski definition) is 3. The number of aryl methyl sites for hydroxylation is 2. The van der Waals surface area contributed by atoms with Crippen LogP contribution in [0.4, 0.5) is 4.39 Å². The quantitative estimate of drug-likeness (QED) is 0.540. The molecule has 0 bridgehead atoms. The van der Waals surface area contributed by atoms with Crippen molar-refractivity contribution in [1.29, 1.82) is 0 Å². The monoisotopic (exact) mass is 392 g/mol. The number of benzene rings is 2. The van der Waals surface area contributed by atoms with Crippen LogP contribution in [0.1, 0.15) is 41.9 Å². The summed E-state index contributed by atoms with van der Waals surface area (Å²) in [6.45, 7) is 5.30. The Bertz CT molecular complexity index is 959. The number of rotatable bonds is 3. The van der Waals surface area contributed by atoms with E-state index in [9.17, 15) is 14.0 Å². The van der Waals surface area contributed by atoms with Crippen LogP contribution in [-0.4, -0.2) is 24.8 Å². The molecule has 1 aliphatic carbocycles. The predicted molar refractivity (Wildman–Crippen MR) is 110 cm³/mol. The summed E-state index contributed by atoms with van der Waals surface area (Å²) in [5, 5.41) is 0.